The van der Waals surface area contributed by atoms with Crippen LogP contribution in [0.5, 0.6) is 5.75 Å². The van der Waals surface area contributed by atoms with E-state index in [4.69, 9.17) is 22.1 Å². The summed E-state index contributed by atoms with van der Waals surface area (Å²) in [5.41, 5.74) is 8.54. The first-order chi connectivity index (χ1) is 16.0. The molecule has 0 heterocycles. The number of benzene rings is 3. The van der Waals surface area contributed by atoms with Crippen molar-refractivity contribution in [2.45, 2.75) is 19.4 Å². The monoisotopic (exact) mass is 465 g/mol. The number of nitrogens with zero attached hydrogens (tertiary/aromatic N) is 1. The Hall–Kier alpha value is -3.35. The number of hydrogen-bond donors (Lipinski definition) is 2. The maximum Gasteiger partial charge on any atom is 0.254 e. The summed E-state index contributed by atoms with van der Waals surface area (Å²) in [6, 6.07) is 21.8. The Morgan fingerprint density at radius 2 is 1.76 bits per heavy atom. The predicted molar refractivity (Wildman–Crippen MR) is 132 cm³/mol. The minimum Gasteiger partial charge on any atom is -0.497 e. The summed E-state index contributed by atoms with van der Waals surface area (Å²) < 4.78 is 5.15. The van der Waals surface area contributed by atoms with E-state index in [1.165, 1.54) is 0 Å². The van der Waals surface area contributed by atoms with Crippen LogP contribution in [0, 0.1) is 0 Å². The van der Waals surface area contributed by atoms with Crippen LogP contribution in [-0.2, 0) is 17.8 Å². The highest BCUT2D eigenvalue weighted by atomic mass is 35.5. The molecule has 3 aromatic carbocycles. The first-order valence-electron chi connectivity index (χ1n) is 10.8. The van der Waals surface area contributed by atoms with E-state index in [2.05, 4.69) is 5.32 Å². The number of methoxy groups -OCH3 is 1. The van der Waals surface area contributed by atoms with Gasteiger partial charge in [0.25, 0.3) is 5.91 Å². The number of anilines is 1. The topological polar surface area (TPSA) is 84.7 Å². The van der Waals surface area contributed by atoms with Crippen molar-refractivity contribution in [1.29, 1.82) is 0 Å². The smallest absolute Gasteiger partial charge is 0.254 e. The standard InChI is InChI=1S/C26H28ClN3O3/c1-33-23-11-8-19(9-12-23)16-25(31)29-22-10-13-24(27)21(17-22)18-30(15-5-14-28)26(32)20-6-3-2-4-7-20/h2-4,6-13,17H,5,14-16,18,28H2,1H3,(H,29,31). The maximum atomic E-state index is 13.0. The molecule has 172 valence electrons. The van der Waals surface area contributed by atoms with E-state index in [0.717, 1.165) is 16.9 Å². The highest BCUT2D eigenvalue weighted by Crippen LogP contribution is 2.23. The Balaban J connectivity index is 1.71. The van der Waals surface area contributed by atoms with Gasteiger partial charge in [0.15, 0.2) is 0 Å². The van der Waals surface area contributed by atoms with Crippen molar-refractivity contribution >= 4 is 29.1 Å². The molecule has 3 aromatic rings. The first-order valence-corrected chi connectivity index (χ1v) is 11.1. The van der Waals surface area contributed by atoms with Crippen molar-refractivity contribution in [2.75, 3.05) is 25.5 Å². The lowest BCUT2D eigenvalue weighted by molar-refractivity contribution is -0.115. The number of ether oxygens (including phenoxy) is 1. The van der Waals surface area contributed by atoms with Crippen LogP contribution < -0.4 is 15.8 Å². The van der Waals surface area contributed by atoms with Gasteiger partial charge in [-0.2, -0.15) is 0 Å². The van der Waals surface area contributed by atoms with Gasteiger partial charge in [-0.15, -0.1) is 0 Å². The van der Waals surface area contributed by atoms with Gasteiger partial charge in [-0.25, -0.2) is 0 Å². The third-order valence-corrected chi connectivity index (χ3v) is 5.52. The van der Waals surface area contributed by atoms with E-state index in [9.17, 15) is 9.59 Å². The molecule has 0 aliphatic heterocycles. The predicted octanol–water partition coefficient (Wildman–Crippen LogP) is 4.52. The van der Waals surface area contributed by atoms with Crippen molar-refractivity contribution in [3.8, 4) is 5.75 Å². The molecule has 0 saturated carbocycles. The maximum absolute atomic E-state index is 13.0. The molecule has 0 unspecified atom stereocenters. The highest BCUT2D eigenvalue weighted by molar-refractivity contribution is 6.31. The Morgan fingerprint density at radius 1 is 1.03 bits per heavy atom. The molecule has 0 fully saturated rings. The second-order valence-electron chi connectivity index (χ2n) is 7.61. The van der Waals surface area contributed by atoms with Crippen LogP contribution in [0.15, 0.2) is 72.8 Å². The van der Waals surface area contributed by atoms with Crippen molar-refractivity contribution in [3.05, 3.63) is 94.5 Å². The van der Waals surface area contributed by atoms with Crippen molar-refractivity contribution in [3.63, 3.8) is 0 Å². The van der Waals surface area contributed by atoms with Gasteiger partial charge in [0, 0.05) is 29.4 Å². The molecule has 0 radical (unpaired) electrons. The van der Waals surface area contributed by atoms with Gasteiger partial charge < -0.3 is 20.7 Å². The molecule has 3 rings (SSSR count). The fraction of sp³-hybridized carbons (Fsp3) is 0.231. The molecule has 0 aromatic heterocycles. The van der Waals surface area contributed by atoms with Gasteiger partial charge >= 0.3 is 0 Å². The van der Waals surface area contributed by atoms with Gasteiger partial charge in [0.2, 0.25) is 5.91 Å². The SMILES string of the molecule is COc1ccc(CC(=O)Nc2ccc(Cl)c(CN(CCCN)C(=O)c3ccccc3)c2)cc1. The molecule has 0 saturated heterocycles. The summed E-state index contributed by atoms with van der Waals surface area (Å²) in [7, 11) is 1.60. The third kappa shape index (κ3) is 7.07. The van der Waals surface area contributed by atoms with E-state index in [0.29, 0.717) is 42.3 Å². The average molecular weight is 466 g/mol. The zero-order valence-corrected chi connectivity index (χ0v) is 19.3. The largest absolute Gasteiger partial charge is 0.497 e. The summed E-state index contributed by atoms with van der Waals surface area (Å²) in [5.74, 6) is 0.508. The number of halogens is 1. The lowest BCUT2D eigenvalue weighted by Crippen LogP contribution is -2.32. The molecule has 0 aliphatic carbocycles. The minimum atomic E-state index is -0.145. The normalized spacial score (nSPS) is 10.5. The van der Waals surface area contributed by atoms with Crippen LogP contribution in [0.1, 0.15) is 27.9 Å². The molecule has 2 amide bonds. The number of amides is 2. The highest BCUT2D eigenvalue weighted by Gasteiger charge is 2.17. The summed E-state index contributed by atoms with van der Waals surface area (Å²) in [6.45, 7) is 1.30. The Kier molecular flexibility index (Phi) is 8.87. The van der Waals surface area contributed by atoms with Crippen LogP contribution >= 0.6 is 11.6 Å². The zero-order chi connectivity index (χ0) is 23.6. The van der Waals surface area contributed by atoms with Gasteiger partial charge in [-0.3, -0.25) is 9.59 Å². The van der Waals surface area contributed by atoms with E-state index in [1.807, 2.05) is 48.5 Å². The van der Waals surface area contributed by atoms with E-state index in [1.54, 1.807) is 36.3 Å². The lowest BCUT2D eigenvalue weighted by atomic mass is 10.1. The van der Waals surface area contributed by atoms with Crippen LogP contribution in [0.3, 0.4) is 0 Å². The summed E-state index contributed by atoms with van der Waals surface area (Å²) in [5, 5.41) is 3.44. The van der Waals surface area contributed by atoms with E-state index in [-0.39, 0.29) is 18.2 Å². The molecule has 6 nitrogen and oxygen atoms in total. The van der Waals surface area contributed by atoms with Gasteiger partial charge in [-0.05, 0) is 66.6 Å². The van der Waals surface area contributed by atoms with E-state index >= 15 is 0 Å². The fourth-order valence-corrected chi connectivity index (χ4v) is 3.59. The van der Waals surface area contributed by atoms with Crippen LogP contribution in [0.4, 0.5) is 5.69 Å². The molecule has 33 heavy (non-hydrogen) atoms. The number of nitrogens with two attached hydrogens (primary N) is 1. The Morgan fingerprint density at radius 3 is 2.42 bits per heavy atom. The molecule has 0 bridgehead atoms. The molecular weight excluding hydrogens is 438 g/mol. The summed E-state index contributed by atoms with van der Waals surface area (Å²) in [4.78, 5) is 27.3. The quantitative estimate of drug-likeness (QED) is 0.461. The van der Waals surface area contributed by atoms with Crippen LogP contribution in [0.2, 0.25) is 5.02 Å². The van der Waals surface area contributed by atoms with Gasteiger partial charge in [0.05, 0.1) is 13.5 Å². The molecule has 7 heteroatoms. The second kappa shape index (κ2) is 12.0. The van der Waals surface area contributed by atoms with Crippen molar-refractivity contribution in [1.82, 2.24) is 4.90 Å². The van der Waals surface area contributed by atoms with Crippen molar-refractivity contribution < 1.29 is 14.3 Å². The average Bonchev–Trinajstić information content (AvgIpc) is 2.84. The first kappa shape index (κ1) is 24.3. The summed E-state index contributed by atoms with van der Waals surface area (Å²) >= 11 is 6.43. The minimum absolute atomic E-state index is 0.0888. The number of carbonyl (C=O) groups is 2. The number of nitrogens with one attached hydrogen (secondary N) is 1. The summed E-state index contributed by atoms with van der Waals surface area (Å²) in [6.07, 6.45) is 0.908. The molecular formula is C26H28ClN3O3. The van der Waals surface area contributed by atoms with Gasteiger partial charge in [0.1, 0.15) is 5.75 Å². The third-order valence-electron chi connectivity index (χ3n) is 5.15. The molecule has 3 N–H and O–H groups in total. The number of hydrogen-bond acceptors (Lipinski definition) is 4. The number of carbonyl (C=O) groups excluding carboxylic acids is 2. The zero-order valence-electron chi connectivity index (χ0n) is 18.6. The Bertz CT molecular complexity index is 1070. The number of rotatable bonds is 10. The molecule has 0 spiro atoms. The van der Waals surface area contributed by atoms with Crippen molar-refractivity contribution in [2.24, 2.45) is 5.73 Å². The Labute approximate surface area is 199 Å². The molecule has 0 atom stereocenters. The van der Waals surface area contributed by atoms with Crippen LogP contribution in [0.25, 0.3) is 0 Å². The molecule has 0 aliphatic rings. The van der Waals surface area contributed by atoms with Gasteiger partial charge in [-0.1, -0.05) is 41.9 Å². The fourth-order valence-electron chi connectivity index (χ4n) is 3.41. The second-order valence-corrected chi connectivity index (χ2v) is 8.02. The van der Waals surface area contributed by atoms with E-state index < -0.39 is 0 Å². The lowest BCUT2D eigenvalue weighted by Gasteiger charge is -2.24. The van der Waals surface area contributed by atoms with Crippen LogP contribution in [-0.4, -0.2) is 36.9 Å².